The van der Waals surface area contributed by atoms with E-state index in [1.807, 2.05) is 0 Å². The molecule has 0 saturated heterocycles. The third-order valence-electron chi connectivity index (χ3n) is 5.61. The van der Waals surface area contributed by atoms with Crippen molar-refractivity contribution in [3.8, 4) is 11.4 Å². The van der Waals surface area contributed by atoms with Gasteiger partial charge in [0.05, 0.1) is 23.9 Å². The molecule has 4 rings (SSSR count). The fraction of sp³-hybridized carbons (Fsp3) is 0.148. The number of rotatable bonds is 7. The van der Waals surface area contributed by atoms with Gasteiger partial charge in [-0.3, -0.25) is 19.0 Å². The van der Waals surface area contributed by atoms with Crippen LogP contribution in [-0.4, -0.2) is 30.0 Å². The Morgan fingerprint density at radius 2 is 1.68 bits per heavy atom. The van der Waals surface area contributed by atoms with Gasteiger partial charge in [0.25, 0.3) is 11.5 Å². The lowest BCUT2D eigenvalue weighted by atomic mass is 10.1. The molecule has 1 aromatic heterocycles. The van der Waals surface area contributed by atoms with Crippen molar-refractivity contribution in [1.29, 1.82) is 0 Å². The molecular formula is C27H22F3N3O4. The molecule has 0 aliphatic heterocycles. The number of halogens is 3. The average Bonchev–Trinajstić information content (AvgIpc) is 2.88. The lowest BCUT2D eigenvalue weighted by molar-refractivity contribution is -0.137. The van der Waals surface area contributed by atoms with Crippen LogP contribution >= 0.6 is 0 Å². The first-order valence-electron chi connectivity index (χ1n) is 11.2. The number of aromatic nitrogens is 1. The molecule has 2 amide bonds. The Hall–Kier alpha value is -4.60. The van der Waals surface area contributed by atoms with Gasteiger partial charge in [-0.25, -0.2) is 0 Å². The number of carbonyl (C=O) groups excluding carboxylic acids is 2. The normalized spacial score (nSPS) is 11.2. The first-order chi connectivity index (χ1) is 17.7. The summed E-state index contributed by atoms with van der Waals surface area (Å²) in [6.45, 7) is -0.0732. The van der Waals surface area contributed by atoms with E-state index in [1.165, 1.54) is 30.0 Å². The van der Waals surface area contributed by atoms with E-state index in [9.17, 15) is 27.6 Å². The predicted molar refractivity (Wildman–Crippen MR) is 133 cm³/mol. The molecule has 0 unspecified atom stereocenters. The van der Waals surface area contributed by atoms with Crippen LogP contribution in [0.5, 0.6) is 5.75 Å². The highest BCUT2D eigenvalue weighted by molar-refractivity contribution is 6.06. The second kappa shape index (κ2) is 10.6. The van der Waals surface area contributed by atoms with Gasteiger partial charge in [0.1, 0.15) is 5.75 Å². The minimum atomic E-state index is -4.53. The van der Waals surface area contributed by atoms with E-state index in [0.717, 1.165) is 12.1 Å². The molecule has 0 saturated carbocycles. The monoisotopic (exact) mass is 509 g/mol. The molecule has 0 fully saturated rings. The number of nitrogens with one attached hydrogen (secondary N) is 2. The summed E-state index contributed by atoms with van der Waals surface area (Å²) < 4.78 is 45.2. The van der Waals surface area contributed by atoms with E-state index in [0.29, 0.717) is 22.2 Å². The molecule has 7 nitrogen and oxygen atoms in total. The van der Waals surface area contributed by atoms with E-state index < -0.39 is 23.6 Å². The molecule has 0 atom stereocenters. The Balaban J connectivity index is 1.51. The summed E-state index contributed by atoms with van der Waals surface area (Å²) in [4.78, 5) is 38.4. The maximum Gasteiger partial charge on any atom is 0.416 e. The Bertz CT molecular complexity index is 1530. The molecule has 190 valence electrons. The summed E-state index contributed by atoms with van der Waals surface area (Å²) >= 11 is 0. The van der Waals surface area contributed by atoms with Crippen LogP contribution in [0.2, 0.25) is 0 Å². The smallest absolute Gasteiger partial charge is 0.416 e. The molecule has 10 heteroatoms. The van der Waals surface area contributed by atoms with Crippen LogP contribution in [0, 0.1) is 0 Å². The second-order valence-corrected chi connectivity index (χ2v) is 8.10. The van der Waals surface area contributed by atoms with Gasteiger partial charge >= 0.3 is 6.18 Å². The number of nitrogens with zero attached hydrogens (tertiary/aromatic N) is 1. The van der Waals surface area contributed by atoms with E-state index in [1.54, 1.807) is 48.5 Å². The Labute approximate surface area is 209 Å². The van der Waals surface area contributed by atoms with Gasteiger partial charge in [0, 0.05) is 41.7 Å². The third-order valence-corrected chi connectivity index (χ3v) is 5.61. The van der Waals surface area contributed by atoms with E-state index in [-0.39, 0.29) is 29.8 Å². The van der Waals surface area contributed by atoms with Gasteiger partial charge in [-0.1, -0.05) is 30.3 Å². The van der Waals surface area contributed by atoms with Crippen LogP contribution in [0.4, 0.5) is 18.9 Å². The number of methoxy groups -OCH3 is 1. The lowest BCUT2D eigenvalue weighted by Crippen LogP contribution is -2.29. The van der Waals surface area contributed by atoms with Crippen molar-refractivity contribution in [2.24, 2.45) is 0 Å². The molecule has 0 radical (unpaired) electrons. The minimum Gasteiger partial charge on any atom is -0.497 e. The molecule has 3 aromatic carbocycles. The van der Waals surface area contributed by atoms with E-state index in [2.05, 4.69) is 10.6 Å². The Morgan fingerprint density at radius 3 is 2.41 bits per heavy atom. The Kier molecular flexibility index (Phi) is 7.28. The highest BCUT2D eigenvalue weighted by atomic mass is 19.4. The average molecular weight is 509 g/mol. The fourth-order valence-corrected chi connectivity index (χ4v) is 3.81. The molecule has 0 aliphatic rings. The summed E-state index contributed by atoms with van der Waals surface area (Å²) in [5.74, 6) is -0.541. The molecule has 4 aromatic rings. The first-order valence-corrected chi connectivity index (χ1v) is 11.2. The summed E-state index contributed by atoms with van der Waals surface area (Å²) in [5.41, 5.74) is -0.471. The van der Waals surface area contributed by atoms with Crippen molar-refractivity contribution in [2.45, 2.75) is 12.6 Å². The minimum absolute atomic E-state index is 0.00233. The van der Waals surface area contributed by atoms with Gasteiger partial charge in [-0.05, 0) is 36.4 Å². The summed E-state index contributed by atoms with van der Waals surface area (Å²) in [6.07, 6.45) is -3.27. The highest BCUT2D eigenvalue weighted by Crippen LogP contribution is 2.30. The molecule has 2 N–H and O–H groups in total. The first kappa shape index (κ1) is 25.5. The van der Waals surface area contributed by atoms with Crippen LogP contribution in [0.25, 0.3) is 16.5 Å². The lowest BCUT2D eigenvalue weighted by Gasteiger charge is -2.13. The highest BCUT2D eigenvalue weighted by Gasteiger charge is 2.30. The topological polar surface area (TPSA) is 89.4 Å². The zero-order valence-electron chi connectivity index (χ0n) is 19.6. The number of benzene rings is 3. The van der Waals surface area contributed by atoms with Crippen molar-refractivity contribution < 1.29 is 27.5 Å². The van der Waals surface area contributed by atoms with Crippen molar-refractivity contribution in [3.63, 3.8) is 0 Å². The zero-order chi connectivity index (χ0) is 26.6. The predicted octanol–water partition coefficient (Wildman–Crippen LogP) is 4.78. The van der Waals surface area contributed by atoms with Gasteiger partial charge < -0.3 is 15.4 Å². The van der Waals surface area contributed by atoms with E-state index >= 15 is 0 Å². The van der Waals surface area contributed by atoms with Crippen molar-refractivity contribution in [2.75, 3.05) is 19.0 Å². The quantitative estimate of drug-likeness (QED) is 0.376. The molecule has 37 heavy (non-hydrogen) atoms. The van der Waals surface area contributed by atoms with E-state index in [4.69, 9.17) is 4.74 Å². The van der Waals surface area contributed by atoms with Crippen LogP contribution in [0.1, 0.15) is 22.3 Å². The zero-order valence-corrected chi connectivity index (χ0v) is 19.6. The molecule has 0 spiro atoms. The number of anilines is 1. The number of amides is 2. The van der Waals surface area contributed by atoms with Crippen molar-refractivity contribution in [1.82, 2.24) is 9.88 Å². The maximum absolute atomic E-state index is 13.1. The van der Waals surface area contributed by atoms with Crippen LogP contribution in [0.15, 0.2) is 83.8 Å². The van der Waals surface area contributed by atoms with Crippen LogP contribution in [-0.2, 0) is 11.0 Å². The standard InChI is InChI=1S/C27H22F3N3O4/c1-37-20-9-5-8-19(15-20)33-16-23(21-10-2-3-11-22(21)26(33)36)25(35)31-13-12-24(34)32-18-7-4-6-17(14-18)27(28,29)30/h2-11,14-16H,12-13H2,1H3,(H,31,35)(H,32,34). The molecule has 1 heterocycles. The van der Waals surface area contributed by atoms with Gasteiger partial charge in [-0.15, -0.1) is 0 Å². The van der Waals surface area contributed by atoms with Gasteiger partial charge in [0.2, 0.25) is 5.91 Å². The molecule has 0 bridgehead atoms. The number of pyridine rings is 1. The van der Waals surface area contributed by atoms with Crippen molar-refractivity contribution >= 4 is 28.3 Å². The van der Waals surface area contributed by atoms with Crippen LogP contribution in [0.3, 0.4) is 0 Å². The van der Waals surface area contributed by atoms with Crippen molar-refractivity contribution in [3.05, 3.63) is 100 Å². The molecule has 0 aliphatic carbocycles. The fourth-order valence-electron chi connectivity index (χ4n) is 3.81. The summed E-state index contributed by atoms with van der Waals surface area (Å²) in [5, 5.41) is 5.82. The SMILES string of the molecule is COc1cccc(-n2cc(C(=O)NCCC(=O)Nc3cccc(C(F)(F)F)c3)c3ccccc3c2=O)c1. The summed E-state index contributed by atoms with van der Waals surface area (Å²) in [6, 6.07) is 17.8. The van der Waals surface area contributed by atoms with Gasteiger partial charge in [-0.2, -0.15) is 13.2 Å². The number of hydrogen-bond donors (Lipinski definition) is 2. The van der Waals surface area contributed by atoms with Crippen LogP contribution < -0.4 is 20.9 Å². The number of ether oxygens (including phenoxy) is 1. The molecular weight excluding hydrogens is 487 g/mol. The Morgan fingerprint density at radius 1 is 0.946 bits per heavy atom. The maximum atomic E-state index is 13.1. The number of carbonyl (C=O) groups is 2. The summed E-state index contributed by atoms with van der Waals surface area (Å²) in [7, 11) is 1.50. The number of fused-ring (bicyclic) bond motifs is 1. The number of alkyl halides is 3. The van der Waals surface area contributed by atoms with Gasteiger partial charge in [0.15, 0.2) is 0 Å². The third kappa shape index (κ3) is 5.80. The second-order valence-electron chi connectivity index (χ2n) is 8.10. The number of hydrogen-bond acceptors (Lipinski definition) is 4. The largest absolute Gasteiger partial charge is 0.497 e.